The number of aromatic carboxylic acids is 1. The number of likely N-dealkylation sites (tertiary alicyclic amines) is 1. The fourth-order valence-electron chi connectivity index (χ4n) is 2.43. The third-order valence-corrected chi connectivity index (χ3v) is 3.53. The van der Waals surface area contributed by atoms with E-state index in [1.807, 2.05) is 0 Å². The summed E-state index contributed by atoms with van der Waals surface area (Å²) < 4.78 is 0. The fraction of sp³-hybridized carbons (Fsp3) is 0.429. The Labute approximate surface area is 111 Å². The van der Waals surface area contributed by atoms with Crippen molar-refractivity contribution in [2.45, 2.75) is 18.8 Å². The molecule has 0 spiro atoms. The van der Waals surface area contributed by atoms with E-state index in [9.17, 15) is 9.59 Å². The molecule has 1 amide bonds. The lowest BCUT2D eigenvalue weighted by Gasteiger charge is -2.30. The first kappa shape index (κ1) is 13.5. The molecule has 1 aliphatic rings. The number of rotatable bonds is 4. The van der Waals surface area contributed by atoms with E-state index >= 15 is 0 Å². The maximum absolute atomic E-state index is 11.9. The van der Waals surface area contributed by atoms with Crippen molar-refractivity contribution >= 4 is 11.9 Å². The van der Waals surface area contributed by atoms with Crippen LogP contribution in [0.2, 0.25) is 0 Å². The minimum atomic E-state index is -0.937. The van der Waals surface area contributed by atoms with Crippen LogP contribution in [-0.2, 0) is 4.79 Å². The topological polar surface area (TPSA) is 80.5 Å². The van der Waals surface area contributed by atoms with Gasteiger partial charge in [-0.15, -0.1) is 0 Å². The van der Waals surface area contributed by atoms with E-state index < -0.39 is 5.97 Å². The van der Waals surface area contributed by atoms with Crippen molar-refractivity contribution in [2.75, 3.05) is 19.7 Å². The smallest absolute Gasteiger partial charge is 0.335 e. The average Bonchev–Trinajstić information content (AvgIpc) is 2.41. The lowest BCUT2D eigenvalue weighted by molar-refractivity contribution is -0.134. The van der Waals surface area contributed by atoms with Crippen molar-refractivity contribution in [1.82, 2.24) is 4.90 Å². The second kappa shape index (κ2) is 5.84. The van der Waals surface area contributed by atoms with Crippen molar-refractivity contribution < 1.29 is 19.8 Å². The minimum absolute atomic E-state index is 0.0887. The van der Waals surface area contributed by atoms with Crippen LogP contribution in [0.25, 0.3) is 0 Å². The third kappa shape index (κ3) is 3.12. The van der Waals surface area contributed by atoms with Crippen LogP contribution in [0.1, 0.15) is 34.7 Å². The molecule has 1 atom stereocenters. The van der Waals surface area contributed by atoms with E-state index in [0.29, 0.717) is 19.5 Å². The Morgan fingerprint density at radius 2 is 2.05 bits per heavy atom. The number of amides is 1. The standard InChI is InChI=1S/C14H17NO4/c16-8-7-15-6-5-12(9-13(15)17)10-1-3-11(4-2-10)14(18)19/h1-4,12,16H,5-9H2,(H,18,19)/p+1. The molecule has 1 saturated heterocycles. The molecule has 5 heteroatoms. The van der Waals surface area contributed by atoms with Crippen LogP contribution >= 0.6 is 0 Å². The molecule has 19 heavy (non-hydrogen) atoms. The Morgan fingerprint density at radius 1 is 1.37 bits per heavy atom. The number of nitrogens with zero attached hydrogens (tertiary/aromatic N) is 1. The maximum atomic E-state index is 11.9. The van der Waals surface area contributed by atoms with Crippen LogP contribution in [-0.4, -0.2) is 46.7 Å². The summed E-state index contributed by atoms with van der Waals surface area (Å²) in [6.45, 7) is 1.43. The first-order chi connectivity index (χ1) is 9.11. The van der Waals surface area contributed by atoms with E-state index in [1.54, 1.807) is 29.2 Å². The molecule has 1 aromatic carbocycles. The summed E-state index contributed by atoms with van der Waals surface area (Å²) in [4.78, 5) is 24.4. The SMILES string of the molecule is O=C(O)c1ccc(C2CCN(CC[OH2+])C(=O)C2)cc1. The van der Waals surface area contributed by atoms with Crippen molar-refractivity contribution in [3.8, 4) is 0 Å². The molecule has 3 N–H and O–H groups in total. The van der Waals surface area contributed by atoms with Gasteiger partial charge in [0.25, 0.3) is 0 Å². The molecule has 1 aromatic rings. The minimum Gasteiger partial charge on any atom is -0.478 e. The highest BCUT2D eigenvalue weighted by Gasteiger charge is 2.26. The van der Waals surface area contributed by atoms with Crippen molar-refractivity contribution in [1.29, 1.82) is 0 Å². The van der Waals surface area contributed by atoms with E-state index in [2.05, 4.69) is 0 Å². The predicted octanol–water partition coefficient (Wildman–Crippen LogP) is 0.815. The predicted molar refractivity (Wildman–Crippen MR) is 70.4 cm³/mol. The van der Waals surface area contributed by atoms with Gasteiger partial charge in [0.05, 0.1) is 12.1 Å². The Kier molecular flexibility index (Phi) is 4.16. The monoisotopic (exact) mass is 264 g/mol. The quantitative estimate of drug-likeness (QED) is 0.817. The molecule has 0 aromatic heterocycles. The highest BCUT2D eigenvalue weighted by Crippen LogP contribution is 2.28. The fourth-order valence-corrected chi connectivity index (χ4v) is 2.43. The van der Waals surface area contributed by atoms with Gasteiger partial charge in [0, 0.05) is 13.0 Å². The second-order valence-corrected chi connectivity index (χ2v) is 4.75. The Balaban J connectivity index is 2.04. The van der Waals surface area contributed by atoms with Gasteiger partial charge in [-0.3, -0.25) is 4.79 Å². The van der Waals surface area contributed by atoms with E-state index in [-0.39, 0.29) is 24.0 Å². The van der Waals surface area contributed by atoms with Gasteiger partial charge < -0.3 is 15.1 Å². The molecule has 5 nitrogen and oxygen atoms in total. The van der Waals surface area contributed by atoms with E-state index in [1.165, 1.54) is 0 Å². The first-order valence-corrected chi connectivity index (χ1v) is 6.37. The van der Waals surface area contributed by atoms with E-state index in [4.69, 9.17) is 10.2 Å². The van der Waals surface area contributed by atoms with Gasteiger partial charge in [0.2, 0.25) is 5.91 Å². The number of carboxylic acids is 1. The van der Waals surface area contributed by atoms with Crippen LogP contribution in [0, 0.1) is 0 Å². The summed E-state index contributed by atoms with van der Waals surface area (Å²) in [6, 6.07) is 6.75. The lowest BCUT2D eigenvalue weighted by atomic mass is 9.88. The highest BCUT2D eigenvalue weighted by molar-refractivity contribution is 5.87. The van der Waals surface area contributed by atoms with Crippen LogP contribution < -0.4 is 0 Å². The molecule has 1 unspecified atom stereocenters. The number of hydrogen-bond donors (Lipinski definition) is 1. The normalized spacial score (nSPS) is 19.5. The van der Waals surface area contributed by atoms with Crippen LogP contribution in [0.5, 0.6) is 0 Å². The summed E-state index contributed by atoms with van der Waals surface area (Å²) in [6.07, 6.45) is 1.32. The van der Waals surface area contributed by atoms with Crippen molar-refractivity contribution in [3.05, 3.63) is 35.4 Å². The highest BCUT2D eigenvalue weighted by atomic mass is 16.4. The average molecular weight is 264 g/mol. The molecule has 1 aliphatic heterocycles. The van der Waals surface area contributed by atoms with Crippen LogP contribution in [0.3, 0.4) is 0 Å². The number of piperidine rings is 1. The molecule has 0 bridgehead atoms. The van der Waals surface area contributed by atoms with Gasteiger partial charge in [-0.1, -0.05) is 12.1 Å². The lowest BCUT2D eigenvalue weighted by Crippen LogP contribution is -2.39. The Bertz CT molecular complexity index is 469. The second-order valence-electron chi connectivity index (χ2n) is 4.75. The molecule has 1 heterocycles. The molecular formula is C14H18NO4+. The van der Waals surface area contributed by atoms with Gasteiger partial charge in [-0.2, -0.15) is 0 Å². The van der Waals surface area contributed by atoms with Crippen molar-refractivity contribution in [2.24, 2.45) is 0 Å². The summed E-state index contributed by atoms with van der Waals surface area (Å²) in [7, 11) is 0. The van der Waals surface area contributed by atoms with Crippen molar-refractivity contribution in [3.63, 3.8) is 0 Å². The first-order valence-electron chi connectivity index (χ1n) is 6.37. The maximum Gasteiger partial charge on any atom is 0.335 e. The largest absolute Gasteiger partial charge is 0.478 e. The Morgan fingerprint density at radius 3 is 2.58 bits per heavy atom. The number of carboxylic acid groups (broad SMARTS) is 1. The zero-order chi connectivity index (χ0) is 13.8. The van der Waals surface area contributed by atoms with Gasteiger partial charge in [0.1, 0.15) is 0 Å². The Hall–Kier alpha value is -1.88. The number of carbonyl (C=O) groups excluding carboxylic acids is 1. The van der Waals surface area contributed by atoms with Crippen LogP contribution in [0.4, 0.5) is 0 Å². The van der Waals surface area contributed by atoms with E-state index in [0.717, 1.165) is 12.0 Å². The number of carbonyl (C=O) groups is 2. The molecule has 2 rings (SSSR count). The summed E-state index contributed by atoms with van der Waals surface area (Å²) in [5.41, 5.74) is 1.28. The molecule has 0 aliphatic carbocycles. The molecular weight excluding hydrogens is 246 g/mol. The third-order valence-electron chi connectivity index (χ3n) is 3.53. The van der Waals surface area contributed by atoms with Gasteiger partial charge in [-0.05, 0) is 30.0 Å². The van der Waals surface area contributed by atoms with Gasteiger partial charge in [0.15, 0.2) is 6.61 Å². The van der Waals surface area contributed by atoms with Gasteiger partial charge in [-0.25, -0.2) is 4.79 Å². The number of hydrogen-bond acceptors (Lipinski definition) is 2. The molecule has 0 saturated carbocycles. The number of benzene rings is 1. The zero-order valence-corrected chi connectivity index (χ0v) is 10.6. The summed E-state index contributed by atoms with van der Waals surface area (Å²) in [5.74, 6) is -0.684. The summed E-state index contributed by atoms with van der Waals surface area (Å²) in [5, 5.41) is 16.0. The van der Waals surface area contributed by atoms with Crippen LogP contribution in [0.15, 0.2) is 24.3 Å². The zero-order valence-electron chi connectivity index (χ0n) is 10.6. The molecule has 102 valence electrons. The molecule has 0 radical (unpaired) electrons. The summed E-state index contributed by atoms with van der Waals surface area (Å²) >= 11 is 0. The van der Waals surface area contributed by atoms with Gasteiger partial charge >= 0.3 is 5.97 Å². The molecule has 1 fully saturated rings.